The van der Waals surface area contributed by atoms with Gasteiger partial charge in [0.05, 0.1) is 25.2 Å². The molecular formula is C14H16N2O2Ta. The van der Waals surface area contributed by atoms with Crippen LogP contribution in [0.4, 0.5) is 0 Å². The summed E-state index contributed by atoms with van der Waals surface area (Å²) in [6.45, 7) is 4.18. The van der Waals surface area contributed by atoms with E-state index in [4.69, 9.17) is 4.74 Å². The molecule has 1 atom stereocenters. The van der Waals surface area contributed by atoms with Crippen molar-refractivity contribution in [3.8, 4) is 0 Å². The summed E-state index contributed by atoms with van der Waals surface area (Å²) in [5.74, 6) is -0.335. The first-order chi connectivity index (χ1) is 8.74. The molecule has 0 aliphatic rings. The van der Waals surface area contributed by atoms with E-state index in [1.807, 2.05) is 41.8 Å². The van der Waals surface area contributed by atoms with Gasteiger partial charge in [-0.2, -0.15) is 0 Å². The molecule has 0 N–H and O–H groups in total. The summed E-state index contributed by atoms with van der Waals surface area (Å²) < 4.78 is 6.84. The van der Waals surface area contributed by atoms with Gasteiger partial charge in [-0.15, -0.1) is 0 Å². The number of rotatable bonds is 4. The number of hydrogen-bond acceptors (Lipinski definition) is 3. The van der Waals surface area contributed by atoms with Gasteiger partial charge < -0.3 is 9.30 Å². The number of benzene rings is 1. The molecule has 0 amide bonds. The standard InChI is InChI=1S/C14H16N2O2.Ta/c1-3-18-14(17)13-9-15-10-16(13)11(2)12-7-5-4-6-8-12;/h4-11H,3H2,1-2H3;. The molecule has 0 aliphatic carbocycles. The largest absolute Gasteiger partial charge is 0.461 e. The van der Waals surface area contributed by atoms with Gasteiger partial charge in [0, 0.05) is 22.4 Å². The third-order valence-corrected chi connectivity index (χ3v) is 2.85. The molecule has 0 fully saturated rings. The second-order valence-electron chi connectivity index (χ2n) is 3.99. The number of carbonyl (C=O) groups is 1. The number of aromatic nitrogens is 2. The Kier molecular flexibility index (Phi) is 6.02. The van der Waals surface area contributed by atoms with Crippen LogP contribution in [0.3, 0.4) is 0 Å². The molecule has 2 rings (SSSR count). The van der Waals surface area contributed by atoms with Gasteiger partial charge in [-0.1, -0.05) is 30.3 Å². The fraction of sp³-hybridized carbons (Fsp3) is 0.286. The molecule has 19 heavy (non-hydrogen) atoms. The van der Waals surface area contributed by atoms with Crippen molar-refractivity contribution < 1.29 is 31.9 Å². The summed E-state index contributed by atoms with van der Waals surface area (Å²) >= 11 is 0. The normalized spacial score (nSPS) is 11.5. The second kappa shape index (κ2) is 7.28. The minimum Gasteiger partial charge on any atom is -0.461 e. The monoisotopic (exact) mass is 425 g/mol. The molecule has 0 aliphatic heterocycles. The van der Waals surface area contributed by atoms with Crippen LogP contribution in [0.1, 0.15) is 35.9 Å². The molecule has 0 saturated carbocycles. The van der Waals surface area contributed by atoms with Gasteiger partial charge in [0.2, 0.25) is 0 Å². The molecule has 5 heteroatoms. The van der Waals surface area contributed by atoms with E-state index in [0.29, 0.717) is 12.3 Å². The summed E-state index contributed by atoms with van der Waals surface area (Å²) in [4.78, 5) is 15.8. The molecular weight excluding hydrogens is 409 g/mol. The molecule has 1 unspecified atom stereocenters. The Morgan fingerprint density at radius 2 is 2.05 bits per heavy atom. The molecule has 0 bridgehead atoms. The molecule has 1 aromatic heterocycles. The van der Waals surface area contributed by atoms with Gasteiger partial charge in [-0.3, -0.25) is 0 Å². The summed E-state index contributed by atoms with van der Waals surface area (Å²) in [6, 6.07) is 10.0. The van der Waals surface area contributed by atoms with E-state index >= 15 is 0 Å². The number of hydrogen-bond donors (Lipinski definition) is 0. The number of esters is 1. The fourth-order valence-corrected chi connectivity index (χ4v) is 1.87. The molecule has 1 radical (unpaired) electrons. The van der Waals surface area contributed by atoms with E-state index in [0.717, 1.165) is 5.56 Å². The van der Waals surface area contributed by atoms with Gasteiger partial charge in [-0.25, -0.2) is 9.78 Å². The summed E-state index contributed by atoms with van der Waals surface area (Å²) in [7, 11) is 0. The zero-order valence-corrected chi connectivity index (χ0v) is 14.2. The number of ether oxygens (including phenoxy) is 1. The van der Waals surface area contributed by atoms with Crippen LogP contribution in [-0.4, -0.2) is 22.1 Å². The topological polar surface area (TPSA) is 44.1 Å². The predicted octanol–water partition coefficient (Wildman–Crippen LogP) is 2.67. The maximum absolute atomic E-state index is 11.8. The van der Waals surface area contributed by atoms with Crippen molar-refractivity contribution in [1.29, 1.82) is 0 Å². The smallest absolute Gasteiger partial charge is 0.356 e. The van der Waals surface area contributed by atoms with E-state index in [2.05, 4.69) is 4.98 Å². The number of imidazole rings is 1. The van der Waals surface area contributed by atoms with Gasteiger partial charge >= 0.3 is 5.97 Å². The molecule has 99 valence electrons. The van der Waals surface area contributed by atoms with Gasteiger partial charge in [-0.05, 0) is 19.4 Å². The zero-order chi connectivity index (χ0) is 13.0. The van der Waals surface area contributed by atoms with Crippen LogP contribution >= 0.6 is 0 Å². The van der Waals surface area contributed by atoms with Crippen molar-refractivity contribution in [2.45, 2.75) is 19.9 Å². The first-order valence-corrected chi connectivity index (χ1v) is 5.98. The predicted molar refractivity (Wildman–Crippen MR) is 68.4 cm³/mol. The van der Waals surface area contributed by atoms with Crippen LogP contribution in [0.2, 0.25) is 0 Å². The summed E-state index contributed by atoms with van der Waals surface area (Å²) in [5.41, 5.74) is 1.61. The SMILES string of the molecule is CCOC(=O)c1cncn1C(C)c1ccccc1.[Ta]. The van der Waals surface area contributed by atoms with Crippen LogP contribution in [0, 0.1) is 0 Å². The van der Waals surface area contributed by atoms with E-state index in [-0.39, 0.29) is 34.4 Å². The average molecular weight is 425 g/mol. The van der Waals surface area contributed by atoms with E-state index in [9.17, 15) is 4.79 Å². The Balaban J connectivity index is 0.00000180. The molecule has 4 nitrogen and oxygen atoms in total. The van der Waals surface area contributed by atoms with Crippen molar-refractivity contribution in [3.63, 3.8) is 0 Å². The second-order valence-corrected chi connectivity index (χ2v) is 3.99. The minimum absolute atomic E-state index is 0. The Hall–Kier alpha value is -1.36. The van der Waals surface area contributed by atoms with E-state index in [1.165, 1.54) is 6.20 Å². The third-order valence-electron chi connectivity index (χ3n) is 2.85. The van der Waals surface area contributed by atoms with E-state index < -0.39 is 0 Å². The summed E-state index contributed by atoms with van der Waals surface area (Å²) in [6.07, 6.45) is 3.20. The molecule has 2 aromatic rings. The minimum atomic E-state index is -0.335. The quantitative estimate of drug-likeness (QED) is 0.708. The van der Waals surface area contributed by atoms with Gasteiger partial charge in [0.1, 0.15) is 5.69 Å². The maximum atomic E-state index is 11.8. The first-order valence-electron chi connectivity index (χ1n) is 5.98. The Morgan fingerprint density at radius 1 is 1.37 bits per heavy atom. The molecule has 0 spiro atoms. The van der Waals surface area contributed by atoms with Crippen molar-refractivity contribution in [2.75, 3.05) is 6.61 Å². The fourth-order valence-electron chi connectivity index (χ4n) is 1.87. The Morgan fingerprint density at radius 3 is 2.68 bits per heavy atom. The average Bonchev–Trinajstić information content (AvgIpc) is 2.88. The maximum Gasteiger partial charge on any atom is 0.356 e. The zero-order valence-electron chi connectivity index (χ0n) is 11.0. The number of carbonyl (C=O) groups excluding carboxylic acids is 1. The van der Waals surface area contributed by atoms with Crippen LogP contribution in [0.15, 0.2) is 42.9 Å². The number of nitrogens with zero attached hydrogens (tertiary/aromatic N) is 2. The van der Waals surface area contributed by atoms with Gasteiger partial charge in [0.15, 0.2) is 0 Å². The van der Waals surface area contributed by atoms with Crippen molar-refractivity contribution >= 4 is 5.97 Å². The molecule has 1 heterocycles. The van der Waals surface area contributed by atoms with Crippen LogP contribution in [0.5, 0.6) is 0 Å². The Labute approximate surface area is 128 Å². The third kappa shape index (κ3) is 3.56. The summed E-state index contributed by atoms with van der Waals surface area (Å²) in [5, 5.41) is 0. The van der Waals surface area contributed by atoms with E-state index in [1.54, 1.807) is 13.3 Å². The molecule has 1 aromatic carbocycles. The Bertz CT molecular complexity index is 525. The molecule has 0 saturated heterocycles. The van der Waals surface area contributed by atoms with Crippen LogP contribution in [-0.2, 0) is 27.1 Å². The van der Waals surface area contributed by atoms with Crippen molar-refractivity contribution in [3.05, 3.63) is 54.1 Å². The van der Waals surface area contributed by atoms with Crippen LogP contribution < -0.4 is 0 Å². The van der Waals surface area contributed by atoms with Crippen molar-refractivity contribution in [2.24, 2.45) is 0 Å². The van der Waals surface area contributed by atoms with Crippen molar-refractivity contribution in [1.82, 2.24) is 9.55 Å². The van der Waals surface area contributed by atoms with Crippen LogP contribution in [0.25, 0.3) is 0 Å². The van der Waals surface area contributed by atoms with Gasteiger partial charge in [0.25, 0.3) is 0 Å². The first kappa shape index (κ1) is 15.7.